The second-order valence-corrected chi connectivity index (χ2v) is 8.95. The van der Waals surface area contributed by atoms with Gasteiger partial charge >= 0.3 is 6.18 Å². The van der Waals surface area contributed by atoms with Gasteiger partial charge in [-0.1, -0.05) is 6.07 Å². The number of anilines is 1. The third-order valence-electron chi connectivity index (χ3n) is 6.51. The number of phenols is 1. The molecule has 0 atom stereocenters. The molecule has 3 aromatic rings. The van der Waals surface area contributed by atoms with E-state index in [1.807, 2.05) is 7.05 Å². The molecule has 0 radical (unpaired) electrons. The van der Waals surface area contributed by atoms with Crippen LogP contribution in [0.5, 0.6) is 5.75 Å². The SMILES string of the molecule is Cc1oc2ccc(O)c(CN(C)C3CCN(C)CC3)c2c1C(=O)Nc1cccc(C(F)(F)F)c1. The van der Waals surface area contributed by atoms with Crippen molar-refractivity contribution in [1.29, 1.82) is 0 Å². The average Bonchev–Trinajstić information content (AvgIpc) is 3.12. The van der Waals surface area contributed by atoms with Gasteiger partial charge in [-0.3, -0.25) is 9.69 Å². The molecule has 2 N–H and O–H groups in total. The van der Waals surface area contributed by atoms with E-state index in [9.17, 15) is 23.1 Å². The van der Waals surface area contributed by atoms with Crippen LogP contribution in [0.15, 0.2) is 40.8 Å². The zero-order valence-electron chi connectivity index (χ0n) is 19.4. The van der Waals surface area contributed by atoms with Gasteiger partial charge < -0.3 is 19.7 Å². The van der Waals surface area contributed by atoms with Crippen molar-refractivity contribution in [2.75, 3.05) is 32.5 Å². The molecule has 1 saturated heterocycles. The summed E-state index contributed by atoms with van der Waals surface area (Å²) >= 11 is 0. The molecule has 34 heavy (non-hydrogen) atoms. The maximum absolute atomic E-state index is 13.2. The van der Waals surface area contributed by atoms with Crippen LogP contribution in [-0.4, -0.2) is 54.0 Å². The van der Waals surface area contributed by atoms with Crippen molar-refractivity contribution in [3.05, 3.63) is 58.8 Å². The van der Waals surface area contributed by atoms with Gasteiger partial charge in [0, 0.05) is 29.2 Å². The molecule has 0 aliphatic carbocycles. The maximum atomic E-state index is 13.2. The Balaban J connectivity index is 1.66. The number of amides is 1. The molecule has 1 fully saturated rings. The number of nitrogens with zero attached hydrogens (tertiary/aromatic N) is 2. The molecule has 1 aliphatic rings. The molecule has 9 heteroatoms. The zero-order valence-corrected chi connectivity index (χ0v) is 19.4. The lowest BCUT2D eigenvalue weighted by atomic mass is 10.00. The molecule has 0 spiro atoms. The van der Waals surface area contributed by atoms with Gasteiger partial charge in [-0.15, -0.1) is 0 Å². The van der Waals surface area contributed by atoms with Crippen molar-refractivity contribution >= 4 is 22.6 Å². The Kier molecular flexibility index (Phi) is 6.60. The van der Waals surface area contributed by atoms with Gasteiger partial charge in [0.1, 0.15) is 17.1 Å². The number of alkyl halides is 3. The normalized spacial score (nSPS) is 15.9. The number of hydrogen-bond acceptors (Lipinski definition) is 5. The Morgan fingerprint density at radius 2 is 1.94 bits per heavy atom. The molecule has 1 amide bonds. The van der Waals surface area contributed by atoms with Crippen molar-refractivity contribution in [2.45, 2.75) is 38.5 Å². The average molecular weight is 476 g/mol. The van der Waals surface area contributed by atoms with Crippen LogP contribution in [0.1, 0.15) is 40.1 Å². The Morgan fingerprint density at radius 1 is 1.24 bits per heavy atom. The van der Waals surface area contributed by atoms with E-state index in [1.165, 1.54) is 18.2 Å². The quantitative estimate of drug-likeness (QED) is 0.528. The molecule has 2 heterocycles. The summed E-state index contributed by atoms with van der Waals surface area (Å²) < 4.78 is 45.0. The molecule has 6 nitrogen and oxygen atoms in total. The van der Waals surface area contributed by atoms with Crippen molar-refractivity contribution in [1.82, 2.24) is 9.80 Å². The van der Waals surface area contributed by atoms with Crippen molar-refractivity contribution in [3.8, 4) is 5.75 Å². The minimum Gasteiger partial charge on any atom is -0.508 e. The van der Waals surface area contributed by atoms with Gasteiger partial charge in [-0.05, 0) is 77.3 Å². The number of carbonyl (C=O) groups excluding carboxylic acids is 1. The predicted octanol–water partition coefficient (Wildman–Crippen LogP) is 5.24. The number of rotatable bonds is 5. The van der Waals surface area contributed by atoms with Crippen LogP contribution in [0.3, 0.4) is 0 Å². The van der Waals surface area contributed by atoms with E-state index in [1.54, 1.807) is 13.0 Å². The lowest BCUT2D eigenvalue weighted by Gasteiger charge is -2.35. The number of hydrogen-bond donors (Lipinski definition) is 2. The first-order valence-electron chi connectivity index (χ1n) is 11.2. The molecule has 2 aromatic carbocycles. The van der Waals surface area contributed by atoms with E-state index in [-0.39, 0.29) is 17.0 Å². The number of fused-ring (bicyclic) bond motifs is 1. The summed E-state index contributed by atoms with van der Waals surface area (Å²) in [5.74, 6) is -0.223. The number of nitrogens with one attached hydrogen (secondary N) is 1. The Hall–Kier alpha value is -3.04. The lowest BCUT2D eigenvalue weighted by Crippen LogP contribution is -2.41. The predicted molar refractivity (Wildman–Crippen MR) is 124 cm³/mol. The molecule has 0 bridgehead atoms. The first kappa shape index (κ1) is 24.1. The fraction of sp³-hybridized carbons (Fsp3) is 0.400. The van der Waals surface area contributed by atoms with E-state index < -0.39 is 17.6 Å². The molecular weight excluding hydrogens is 447 g/mol. The van der Waals surface area contributed by atoms with Crippen LogP contribution in [0.4, 0.5) is 18.9 Å². The van der Waals surface area contributed by atoms with Crippen molar-refractivity contribution < 1.29 is 27.5 Å². The summed E-state index contributed by atoms with van der Waals surface area (Å²) in [4.78, 5) is 17.6. The van der Waals surface area contributed by atoms with Crippen molar-refractivity contribution in [3.63, 3.8) is 0 Å². The molecule has 4 rings (SSSR count). The fourth-order valence-corrected chi connectivity index (χ4v) is 4.58. The van der Waals surface area contributed by atoms with E-state index >= 15 is 0 Å². The number of aromatic hydroxyl groups is 1. The lowest BCUT2D eigenvalue weighted by molar-refractivity contribution is -0.137. The zero-order chi connectivity index (χ0) is 24.6. The number of furan rings is 1. The molecular formula is C25H28F3N3O3. The second kappa shape index (κ2) is 9.31. The third kappa shape index (κ3) is 4.90. The summed E-state index contributed by atoms with van der Waals surface area (Å²) in [5, 5.41) is 13.7. The molecule has 0 saturated carbocycles. The summed E-state index contributed by atoms with van der Waals surface area (Å²) in [5.41, 5.74) is 0.382. The van der Waals surface area contributed by atoms with Crippen LogP contribution < -0.4 is 5.32 Å². The number of phenolic OH excluding ortho intramolecular Hbond substituents is 1. The molecule has 1 aromatic heterocycles. The molecule has 1 aliphatic heterocycles. The van der Waals surface area contributed by atoms with E-state index in [0.29, 0.717) is 34.9 Å². The van der Waals surface area contributed by atoms with E-state index in [4.69, 9.17) is 4.42 Å². The number of likely N-dealkylation sites (tertiary alicyclic amines) is 1. The first-order chi connectivity index (χ1) is 16.0. The highest BCUT2D eigenvalue weighted by atomic mass is 19.4. The Labute approximate surface area is 195 Å². The minimum atomic E-state index is -4.52. The number of aryl methyl sites for hydroxylation is 1. The second-order valence-electron chi connectivity index (χ2n) is 8.95. The number of halogens is 3. The monoisotopic (exact) mass is 475 g/mol. The van der Waals surface area contributed by atoms with Gasteiger partial charge in [0.2, 0.25) is 0 Å². The highest BCUT2D eigenvalue weighted by molar-refractivity contribution is 6.14. The van der Waals surface area contributed by atoms with E-state index in [2.05, 4.69) is 22.2 Å². The topological polar surface area (TPSA) is 69.0 Å². The summed E-state index contributed by atoms with van der Waals surface area (Å²) in [6, 6.07) is 7.95. The largest absolute Gasteiger partial charge is 0.508 e. The van der Waals surface area contributed by atoms with Crippen molar-refractivity contribution in [2.24, 2.45) is 0 Å². The van der Waals surface area contributed by atoms with Gasteiger partial charge in [0.05, 0.1) is 11.1 Å². The summed E-state index contributed by atoms with van der Waals surface area (Å²) in [6.07, 6.45) is -2.52. The number of carbonyl (C=O) groups is 1. The first-order valence-corrected chi connectivity index (χ1v) is 11.2. The smallest absolute Gasteiger partial charge is 0.416 e. The standard InChI is InChI=1S/C25H28F3N3O3/c1-15-22(24(33)29-17-6-4-5-16(13-17)25(26,27)28)23-19(20(32)7-8-21(23)34-15)14-31(3)18-9-11-30(2)12-10-18/h4-8,13,18,32H,9-12,14H2,1-3H3,(H,29,33). The molecule has 0 unspecified atom stereocenters. The van der Waals surface area contributed by atoms with Crippen LogP contribution in [-0.2, 0) is 12.7 Å². The summed E-state index contributed by atoms with van der Waals surface area (Å²) in [6.45, 7) is 4.00. The van der Waals surface area contributed by atoms with Gasteiger partial charge in [-0.25, -0.2) is 0 Å². The summed E-state index contributed by atoms with van der Waals surface area (Å²) in [7, 11) is 4.08. The molecule has 182 valence electrons. The van der Waals surface area contributed by atoms with Gasteiger partial charge in [-0.2, -0.15) is 13.2 Å². The van der Waals surface area contributed by atoms with Crippen LogP contribution in [0.2, 0.25) is 0 Å². The van der Waals surface area contributed by atoms with Gasteiger partial charge in [0.25, 0.3) is 5.91 Å². The van der Waals surface area contributed by atoms with Gasteiger partial charge in [0.15, 0.2) is 0 Å². The Morgan fingerprint density at radius 3 is 2.62 bits per heavy atom. The van der Waals surface area contributed by atoms with E-state index in [0.717, 1.165) is 38.1 Å². The minimum absolute atomic E-state index is 0.0266. The highest BCUT2D eigenvalue weighted by Gasteiger charge is 2.31. The van der Waals surface area contributed by atoms with Crippen LogP contribution in [0.25, 0.3) is 11.0 Å². The van der Waals surface area contributed by atoms with Crippen LogP contribution in [0, 0.1) is 6.92 Å². The Bertz CT molecular complexity index is 1200. The number of benzene rings is 2. The maximum Gasteiger partial charge on any atom is 0.416 e. The van der Waals surface area contributed by atoms with Crippen LogP contribution >= 0.6 is 0 Å². The number of piperidine rings is 1. The third-order valence-corrected chi connectivity index (χ3v) is 6.51. The fourth-order valence-electron chi connectivity index (χ4n) is 4.58. The highest BCUT2D eigenvalue weighted by Crippen LogP contribution is 2.36.